The van der Waals surface area contributed by atoms with Crippen LogP contribution in [0.3, 0.4) is 0 Å². The molecule has 0 aromatic carbocycles. The Bertz CT molecular complexity index is 449. The zero-order chi connectivity index (χ0) is 26.2. The maximum Gasteiger partial charge on any atom is 3.00 e. The summed E-state index contributed by atoms with van der Waals surface area (Å²) in [7, 11) is -8.93. The fourth-order valence-corrected chi connectivity index (χ4v) is 8.19. The average Bonchev–Trinajstić information content (AvgIpc) is 2.77. The quantitative estimate of drug-likeness (QED) is 0.164. The molecule has 0 amide bonds. The van der Waals surface area contributed by atoms with Gasteiger partial charge in [0.2, 0.25) is 0 Å². The molecule has 0 heterocycles. The van der Waals surface area contributed by atoms with Crippen LogP contribution in [0.1, 0.15) is 119 Å². The van der Waals surface area contributed by atoms with Crippen molar-refractivity contribution < 1.29 is 45.2 Å². The molecule has 10 heteroatoms. The summed E-state index contributed by atoms with van der Waals surface area (Å²) in [6.45, 7) is 12.1. The predicted octanol–water partition coefficient (Wildman–Crippen LogP) is 6.67. The number of hydrogen-bond donors (Lipinski definition) is 0. The van der Waals surface area contributed by atoms with Gasteiger partial charge in [-0.1, -0.05) is 80.1 Å². The summed E-state index contributed by atoms with van der Waals surface area (Å²) < 4.78 is 33.5. The molecule has 0 N–H and O–H groups in total. The summed E-state index contributed by atoms with van der Waals surface area (Å²) in [5.74, 6) is 0. The van der Waals surface area contributed by atoms with Crippen LogP contribution in [0.4, 0.5) is 0 Å². The van der Waals surface area contributed by atoms with Gasteiger partial charge in [0.1, 0.15) is 0 Å². The number of unbranched alkanes of at least 4 members (excludes halogenated alkanes) is 6. The van der Waals surface area contributed by atoms with Crippen molar-refractivity contribution in [3.05, 3.63) is 0 Å². The van der Waals surface area contributed by atoms with Crippen molar-refractivity contribution in [2.24, 2.45) is 0 Å². The van der Waals surface area contributed by atoms with E-state index in [2.05, 4.69) is 0 Å². The Balaban J connectivity index is -0.000000196. The molecule has 6 nitrogen and oxygen atoms in total. The molecule has 0 aliphatic rings. The Hall–Kier alpha value is 1.08. The molecule has 0 aliphatic heterocycles. The second-order valence-corrected chi connectivity index (χ2v) is 16.5. The van der Waals surface area contributed by atoms with E-state index in [-0.39, 0.29) is 16.8 Å². The van der Waals surface area contributed by atoms with Crippen LogP contribution in [0.25, 0.3) is 0 Å². The van der Waals surface area contributed by atoms with Gasteiger partial charge in [-0.05, 0) is 75.5 Å². The van der Waals surface area contributed by atoms with Gasteiger partial charge in [0, 0.05) is 22.1 Å². The second-order valence-electron chi connectivity index (χ2n) is 8.91. The van der Waals surface area contributed by atoms with E-state index in [1.165, 1.54) is 0 Å². The van der Waals surface area contributed by atoms with E-state index in [9.17, 15) is 28.4 Å². The van der Waals surface area contributed by atoms with Crippen molar-refractivity contribution in [1.29, 1.82) is 0 Å². The second kappa shape index (κ2) is 27.1. The van der Waals surface area contributed by atoms with Crippen LogP contribution in [0.15, 0.2) is 0 Å². The molecule has 0 spiro atoms. The third-order valence-electron chi connectivity index (χ3n) is 5.11. The molecule has 0 bridgehead atoms. The van der Waals surface area contributed by atoms with Gasteiger partial charge in [-0.15, -0.1) is 0 Å². The Morgan fingerprint density at radius 2 is 0.500 bits per heavy atom. The van der Waals surface area contributed by atoms with Crippen molar-refractivity contribution in [1.82, 2.24) is 0 Å². The van der Waals surface area contributed by atoms with Gasteiger partial charge in [-0.25, -0.2) is 0 Å². The molecule has 0 atom stereocenters. The predicted molar refractivity (Wildman–Crippen MR) is 141 cm³/mol. The third kappa shape index (κ3) is 35.2. The summed E-state index contributed by atoms with van der Waals surface area (Å²) in [6.07, 6.45) is 13.2. The molecule has 210 valence electrons. The average molecular weight is 591 g/mol. The summed E-state index contributed by atoms with van der Waals surface area (Å²) in [5.41, 5.74) is 0. The summed E-state index contributed by atoms with van der Waals surface area (Å²) in [5, 5.41) is 0. The van der Waals surface area contributed by atoms with Crippen LogP contribution >= 0.6 is 22.1 Å². The SMILES string of the molecule is CCCCP(=O)([O-])CCCC.CCCCP(=O)([O-])CCCC.CCCCP(=O)([O-])CCCC.[Co+3]. The van der Waals surface area contributed by atoms with Crippen molar-refractivity contribution in [3.8, 4) is 0 Å². The Morgan fingerprint density at radius 3 is 0.588 bits per heavy atom. The summed E-state index contributed by atoms with van der Waals surface area (Å²) in [6, 6.07) is 0. The van der Waals surface area contributed by atoms with Crippen molar-refractivity contribution in [2.75, 3.05) is 37.0 Å². The van der Waals surface area contributed by atoms with E-state index >= 15 is 0 Å². The molecule has 0 aromatic rings. The van der Waals surface area contributed by atoms with Gasteiger partial charge in [0.05, 0.1) is 0 Å². The molecule has 0 saturated carbocycles. The minimum absolute atomic E-state index is 0. The molecule has 0 saturated heterocycles. The van der Waals surface area contributed by atoms with Crippen LogP contribution in [0, 0.1) is 0 Å². The van der Waals surface area contributed by atoms with Gasteiger partial charge < -0.3 is 28.4 Å². The van der Waals surface area contributed by atoms with E-state index in [0.717, 1.165) is 77.0 Å². The normalized spacial score (nSPS) is 11.6. The molecule has 0 fully saturated rings. The third-order valence-corrected chi connectivity index (χ3v) is 11.1. The van der Waals surface area contributed by atoms with Gasteiger partial charge in [-0.3, -0.25) is 0 Å². The molecule has 0 radical (unpaired) electrons. The van der Waals surface area contributed by atoms with Crippen LogP contribution in [-0.4, -0.2) is 37.0 Å². The van der Waals surface area contributed by atoms with Crippen molar-refractivity contribution in [2.45, 2.75) is 119 Å². The zero-order valence-electron chi connectivity index (χ0n) is 22.9. The minimum Gasteiger partial charge on any atom is -0.799 e. The van der Waals surface area contributed by atoms with E-state index in [4.69, 9.17) is 0 Å². The largest absolute Gasteiger partial charge is 3.00 e. The zero-order valence-corrected chi connectivity index (χ0v) is 26.6. The first kappa shape index (κ1) is 42.2. The monoisotopic (exact) mass is 590 g/mol. The van der Waals surface area contributed by atoms with Gasteiger partial charge >= 0.3 is 16.8 Å². The van der Waals surface area contributed by atoms with E-state index in [0.29, 0.717) is 37.0 Å². The van der Waals surface area contributed by atoms with Crippen LogP contribution in [0.5, 0.6) is 0 Å². The first-order chi connectivity index (χ1) is 15.4. The topological polar surface area (TPSA) is 120 Å². The Morgan fingerprint density at radius 1 is 0.382 bits per heavy atom. The molecule has 34 heavy (non-hydrogen) atoms. The fraction of sp³-hybridized carbons (Fsp3) is 1.00. The first-order valence-corrected chi connectivity index (χ1v) is 19.2. The molecular weight excluding hydrogens is 536 g/mol. The Kier molecular flexibility index (Phi) is 33.6. The van der Waals surface area contributed by atoms with Gasteiger partial charge in [0.25, 0.3) is 0 Å². The maximum atomic E-state index is 11.2. The number of rotatable bonds is 18. The van der Waals surface area contributed by atoms with E-state index in [1.807, 2.05) is 41.5 Å². The van der Waals surface area contributed by atoms with Crippen molar-refractivity contribution in [3.63, 3.8) is 0 Å². The van der Waals surface area contributed by atoms with Gasteiger partial charge in [0.15, 0.2) is 0 Å². The van der Waals surface area contributed by atoms with E-state index in [1.54, 1.807) is 0 Å². The van der Waals surface area contributed by atoms with Gasteiger partial charge in [-0.2, -0.15) is 0 Å². The molecule has 0 aromatic heterocycles. The smallest absolute Gasteiger partial charge is 0.799 e. The van der Waals surface area contributed by atoms with E-state index < -0.39 is 22.1 Å². The first-order valence-electron chi connectivity index (χ1n) is 13.2. The van der Waals surface area contributed by atoms with Crippen LogP contribution in [-0.2, 0) is 30.5 Å². The number of hydrogen-bond acceptors (Lipinski definition) is 6. The minimum atomic E-state index is -2.98. The summed E-state index contributed by atoms with van der Waals surface area (Å²) in [4.78, 5) is 33.5. The molecule has 0 rings (SSSR count). The molecule has 0 unspecified atom stereocenters. The maximum absolute atomic E-state index is 11.2. The standard InChI is InChI=1S/3C8H19O2P.Co/c3*1-3-5-7-11(9,10)8-6-4-2;/h3*3-8H2,1-2H3,(H,9,10);/q;;;+3/p-3. The Labute approximate surface area is 222 Å². The van der Waals surface area contributed by atoms with Crippen LogP contribution in [0.2, 0.25) is 0 Å². The fourth-order valence-electron chi connectivity index (χ4n) is 2.73. The van der Waals surface area contributed by atoms with Crippen molar-refractivity contribution >= 4 is 22.1 Å². The summed E-state index contributed by atoms with van der Waals surface area (Å²) >= 11 is 0. The molecular formula is C24H54CoO6P3. The molecule has 0 aliphatic carbocycles. The van der Waals surface area contributed by atoms with Crippen LogP contribution < -0.4 is 14.7 Å².